The fourth-order valence-corrected chi connectivity index (χ4v) is 2.85. The third kappa shape index (κ3) is 12.8. The number of nitrogens with zero attached hydrogens (tertiary/aromatic N) is 1. The van der Waals surface area contributed by atoms with E-state index in [1.165, 1.54) is 0 Å². The quantitative estimate of drug-likeness (QED) is 0.228. The number of hydrogen-bond donors (Lipinski definition) is 4. The molecule has 166 valence electrons. The molecule has 0 bridgehead atoms. The molecule has 0 aromatic rings. The average Bonchev–Trinajstić information content (AvgIpc) is 2.55. The van der Waals surface area contributed by atoms with Crippen molar-refractivity contribution in [2.24, 2.45) is 4.99 Å². The molecule has 0 spiro atoms. The second kappa shape index (κ2) is 12.1. The number of guanidine groups is 1. The largest absolute Gasteiger partial charge is 0.444 e. The standard InChI is InChI=1S/C18H39N5O4S/c1-8-18(9-2,23-16(24)27-17(4,5)6)14-21-15(19-10-3)20-12-11-13-22-28(7,25)26/h22H,8-14H2,1-7H3,(H,23,24)(H2,19,20,21). The van der Waals surface area contributed by atoms with E-state index in [1.807, 2.05) is 41.5 Å². The van der Waals surface area contributed by atoms with E-state index in [0.717, 1.165) is 6.26 Å². The molecule has 10 heteroatoms. The van der Waals surface area contributed by atoms with E-state index in [2.05, 4.69) is 25.7 Å². The molecule has 0 radical (unpaired) electrons. The summed E-state index contributed by atoms with van der Waals surface area (Å²) in [5, 5.41) is 9.31. The lowest BCUT2D eigenvalue weighted by Gasteiger charge is -2.32. The fraction of sp³-hybridized carbons (Fsp3) is 0.889. The third-order valence-corrected chi connectivity index (χ3v) is 4.74. The topological polar surface area (TPSA) is 121 Å². The Balaban J connectivity index is 4.86. The number of hydrogen-bond acceptors (Lipinski definition) is 5. The number of alkyl carbamates (subject to hydrolysis) is 1. The first-order valence-corrected chi connectivity index (χ1v) is 11.7. The Morgan fingerprint density at radius 1 is 1.04 bits per heavy atom. The highest BCUT2D eigenvalue weighted by molar-refractivity contribution is 7.88. The van der Waals surface area contributed by atoms with Crippen LogP contribution in [0, 0.1) is 0 Å². The minimum atomic E-state index is -3.17. The van der Waals surface area contributed by atoms with Crippen molar-refractivity contribution in [2.45, 2.75) is 71.9 Å². The van der Waals surface area contributed by atoms with Gasteiger partial charge in [0.25, 0.3) is 0 Å². The number of sulfonamides is 1. The van der Waals surface area contributed by atoms with E-state index < -0.39 is 27.3 Å². The molecule has 0 aliphatic rings. The van der Waals surface area contributed by atoms with Gasteiger partial charge in [0.05, 0.1) is 18.3 Å². The number of nitrogens with one attached hydrogen (secondary N) is 4. The van der Waals surface area contributed by atoms with Crippen molar-refractivity contribution in [3.63, 3.8) is 0 Å². The summed E-state index contributed by atoms with van der Waals surface area (Å²) in [4.78, 5) is 16.8. The first kappa shape index (κ1) is 26.4. The van der Waals surface area contributed by atoms with E-state index in [9.17, 15) is 13.2 Å². The lowest BCUT2D eigenvalue weighted by molar-refractivity contribution is 0.0452. The van der Waals surface area contributed by atoms with Gasteiger partial charge in [-0.25, -0.2) is 17.9 Å². The summed E-state index contributed by atoms with van der Waals surface area (Å²) in [6.07, 6.45) is 2.74. The Morgan fingerprint density at radius 3 is 2.11 bits per heavy atom. The Bertz CT molecular complexity index is 596. The van der Waals surface area contributed by atoms with Crippen molar-refractivity contribution in [1.82, 2.24) is 20.7 Å². The molecule has 0 atom stereocenters. The van der Waals surface area contributed by atoms with E-state index in [-0.39, 0.29) is 0 Å². The van der Waals surface area contributed by atoms with Crippen LogP contribution < -0.4 is 20.7 Å². The maximum Gasteiger partial charge on any atom is 0.408 e. The van der Waals surface area contributed by atoms with Gasteiger partial charge in [-0.15, -0.1) is 0 Å². The summed E-state index contributed by atoms with van der Waals surface area (Å²) >= 11 is 0. The predicted molar refractivity (Wildman–Crippen MR) is 114 cm³/mol. The van der Waals surface area contributed by atoms with E-state index >= 15 is 0 Å². The van der Waals surface area contributed by atoms with Gasteiger partial charge in [0.1, 0.15) is 5.60 Å². The minimum absolute atomic E-state index is 0.360. The summed E-state index contributed by atoms with van der Waals surface area (Å²) in [5.74, 6) is 0.624. The zero-order valence-corrected chi connectivity index (χ0v) is 19.3. The maximum absolute atomic E-state index is 12.2. The lowest BCUT2D eigenvalue weighted by Crippen LogP contribution is -2.52. The van der Waals surface area contributed by atoms with Gasteiger partial charge >= 0.3 is 6.09 Å². The van der Waals surface area contributed by atoms with Gasteiger partial charge in [-0.1, -0.05) is 13.8 Å². The molecule has 0 saturated heterocycles. The fourth-order valence-electron chi connectivity index (χ4n) is 2.33. The van der Waals surface area contributed by atoms with Crippen LogP contribution in [0.3, 0.4) is 0 Å². The van der Waals surface area contributed by atoms with Crippen molar-refractivity contribution >= 4 is 22.1 Å². The molecule has 28 heavy (non-hydrogen) atoms. The number of carbonyl (C=O) groups is 1. The highest BCUT2D eigenvalue weighted by atomic mass is 32.2. The molecule has 1 amide bonds. The van der Waals surface area contributed by atoms with Crippen LogP contribution in [-0.2, 0) is 14.8 Å². The molecule has 0 rings (SSSR count). The molecule has 0 heterocycles. The predicted octanol–water partition coefficient (Wildman–Crippen LogP) is 1.56. The molecule has 4 N–H and O–H groups in total. The van der Waals surface area contributed by atoms with Gasteiger partial charge in [0.2, 0.25) is 10.0 Å². The van der Waals surface area contributed by atoms with Crippen LogP contribution in [0.2, 0.25) is 0 Å². The van der Waals surface area contributed by atoms with Crippen molar-refractivity contribution in [3.8, 4) is 0 Å². The molecule has 0 aliphatic heterocycles. The van der Waals surface area contributed by atoms with E-state index in [4.69, 9.17) is 4.74 Å². The van der Waals surface area contributed by atoms with Gasteiger partial charge in [0.15, 0.2) is 5.96 Å². The summed E-state index contributed by atoms with van der Waals surface area (Å²) in [6.45, 7) is 13.5. The maximum atomic E-state index is 12.2. The Hall–Kier alpha value is -1.55. The molecule has 0 saturated carbocycles. The first-order valence-electron chi connectivity index (χ1n) is 9.84. The van der Waals surface area contributed by atoms with E-state index in [0.29, 0.717) is 51.4 Å². The molecular formula is C18H39N5O4S. The molecule has 9 nitrogen and oxygen atoms in total. The van der Waals surface area contributed by atoms with Crippen molar-refractivity contribution in [1.29, 1.82) is 0 Å². The monoisotopic (exact) mass is 421 g/mol. The summed E-state index contributed by atoms with van der Waals surface area (Å²) < 4.78 is 30.0. The van der Waals surface area contributed by atoms with Crippen molar-refractivity contribution in [3.05, 3.63) is 0 Å². The minimum Gasteiger partial charge on any atom is -0.444 e. The van der Waals surface area contributed by atoms with Gasteiger partial charge in [-0.3, -0.25) is 4.99 Å². The number of aliphatic imine (C=N–C) groups is 1. The Kier molecular flexibility index (Phi) is 11.4. The SMILES string of the molecule is CCNC(=NCC(CC)(CC)NC(=O)OC(C)(C)C)NCCCNS(C)(=O)=O. The zero-order valence-electron chi connectivity index (χ0n) is 18.4. The lowest BCUT2D eigenvalue weighted by atomic mass is 9.93. The van der Waals surface area contributed by atoms with Gasteiger partial charge in [-0.05, 0) is 47.0 Å². The number of ether oxygens (including phenoxy) is 1. The zero-order chi connectivity index (χ0) is 21.8. The summed E-state index contributed by atoms with van der Waals surface area (Å²) in [6, 6.07) is 0. The van der Waals surface area contributed by atoms with Crippen LogP contribution in [0.4, 0.5) is 4.79 Å². The molecular weight excluding hydrogens is 382 g/mol. The molecule has 0 aromatic heterocycles. The Morgan fingerprint density at radius 2 is 1.64 bits per heavy atom. The smallest absolute Gasteiger partial charge is 0.408 e. The van der Waals surface area contributed by atoms with Crippen molar-refractivity contribution in [2.75, 3.05) is 32.4 Å². The molecule has 0 fully saturated rings. The Labute approximate surface area is 170 Å². The number of amides is 1. The van der Waals surface area contributed by atoms with Crippen LogP contribution >= 0.6 is 0 Å². The van der Waals surface area contributed by atoms with Crippen LogP contribution in [0.25, 0.3) is 0 Å². The second-order valence-corrected chi connectivity index (χ2v) is 9.59. The number of carbonyl (C=O) groups excluding carboxylic acids is 1. The second-order valence-electron chi connectivity index (χ2n) is 7.76. The highest BCUT2D eigenvalue weighted by Crippen LogP contribution is 2.17. The van der Waals surface area contributed by atoms with Gasteiger partial charge in [0, 0.05) is 19.6 Å². The van der Waals surface area contributed by atoms with Crippen LogP contribution in [0.5, 0.6) is 0 Å². The van der Waals surface area contributed by atoms with Crippen LogP contribution in [0.1, 0.15) is 60.8 Å². The van der Waals surface area contributed by atoms with Crippen LogP contribution in [0.15, 0.2) is 4.99 Å². The van der Waals surface area contributed by atoms with E-state index in [1.54, 1.807) is 0 Å². The normalized spacial score (nSPS) is 13.2. The van der Waals surface area contributed by atoms with Gasteiger partial charge in [-0.2, -0.15) is 0 Å². The van der Waals surface area contributed by atoms with Crippen molar-refractivity contribution < 1.29 is 17.9 Å². The van der Waals surface area contributed by atoms with Crippen LogP contribution in [-0.4, -0.2) is 64.0 Å². The summed E-state index contributed by atoms with van der Waals surface area (Å²) in [7, 11) is -3.17. The molecule has 0 aliphatic carbocycles. The van der Waals surface area contributed by atoms with Gasteiger partial charge < -0.3 is 20.7 Å². The third-order valence-electron chi connectivity index (χ3n) is 4.01. The highest BCUT2D eigenvalue weighted by Gasteiger charge is 2.30. The number of rotatable bonds is 11. The summed E-state index contributed by atoms with van der Waals surface area (Å²) in [5.41, 5.74) is -1.06. The first-order chi connectivity index (χ1) is 12.9. The average molecular weight is 422 g/mol. The molecule has 0 unspecified atom stereocenters. The molecule has 0 aromatic carbocycles.